The molecule has 172 valence electrons. The summed E-state index contributed by atoms with van der Waals surface area (Å²) in [6.07, 6.45) is 4.44. The van der Waals surface area contributed by atoms with Crippen LogP contribution in [0.4, 0.5) is 11.4 Å². The van der Waals surface area contributed by atoms with E-state index in [1.807, 2.05) is 0 Å². The molecule has 4 aromatic rings. The molecule has 0 amide bonds. The lowest BCUT2D eigenvalue weighted by molar-refractivity contribution is -0.523. The van der Waals surface area contributed by atoms with Gasteiger partial charge in [0.25, 0.3) is 5.82 Å². The molecule has 1 aromatic heterocycles. The van der Waals surface area contributed by atoms with Gasteiger partial charge < -0.3 is 4.81 Å². The fourth-order valence-electron chi connectivity index (χ4n) is 5.60. The van der Waals surface area contributed by atoms with Gasteiger partial charge in [0.2, 0.25) is 0 Å². The second-order valence-electron chi connectivity index (χ2n) is 10.3. The number of para-hydroxylation sites is 1. The van der Waals surface area contributed by atoms with Crippen molar-refractivity contribution in [3.63, 3.8) is 0 Å². The summed E-state index contributed by atoms with van der Waals surface area (Å²) in [4.78, 5) is 2.63. The number of rotatable bonds is 4. The minimum absolute atomic E-state index is 0.0316. The van der Waals surface area contributed by atoms with Crippen LogP contribution in [0.5, 0.6) is 0 Å². The summed E-state index contributed by atoms with van der Waals surface area (Å²) in [6.45, 7) is 13.8. The highest BCUT2D eigenvalue weighted by atomic mass is 15.2. The van der Waals surface area contributed by atoms with E-state index in [9.17, 15) is 0 Å². The van der Waals surface area contributed by atoms with E-state index in [1.165, 1.54) is 50.5 Å². The molecule has 0 atom stereocenters. The molecule has 0 radical (unpaired) electrons. The standard InChI is InChI=1S/C30H35BN3/c1-20(2)24-14-11-15-25(21(3)4)29(24)34-27-17-10-13-23(6)28(27)30-32(7)18-19-33(30)31(34)26-16-9-8-12-22(26)5/h8-21H,1-7H3/q+1. The van der Waals surface area contributed by atoms with Gasteiger partial charge in [-0.15, -0.1) is 0 Å². The zero-order valence-corrected chi connectivity index (χ0v) is 21.5. The molecule has 1 aliphatic rings. The smallest absolute Gasteiger partial charge is 0.338 e. The molecule has 0 aliphatic carbocycles. The monoisotopic (exact) mass is 448 g/mol. The molecular weight excluding hydrogens is 413 g/mol. The van der Waals surface area contributed by atoms with Crippen LogP contribution in [0.3, 0.4) is 0 Å². The Morgan fingerprint density at radius 3 is 2.03 bits per heavy atom. The Morgan fingerprint density at radius 2 is 1.38 bits per heavy atom. The molecule has 3 aromatic carbocycles. The van der Waals surface area contributed by atoms with E-state index in [0.29, 0.717) is 11.8 Å². The number of imidazole rings is 1. The summed E-state index contributed by atoms with van der Waals surface area (Å²) in [5.41, 5.74) is 10.7. The van der Waals surface area contributed by atoms with Crippen LogP contribution in [-0.4, -0.2) is 11.5 Å². The minimum Gasteiger partial charge on any atom is -0.338 e. The normalized spacial score (nSPS) is 13.0. The van der Waals surface area contributed by atoms with Crippen LogP contribution in [0.2, 0.25) is 0 Å². The van der Waals surface area contributed by atoms with E-state index >= 15 is 0 Å². The molecule has 4 heteroatoms. The van der Waals surface area contributed by atoms with E-state index in [1.54, 1.807) is 0 Å². The Balaban J connectivity index is 1.94. The van der Waals surface area contributed by atoms with Crippen LogP contribution >= 0.6 is 0 Å². The largest absolute Gasteiger partial charge is 0.542 e. The van der Waals surface area contributed by atoms with Gasteiger partial charge >= 0.3 is 6.98 Å². The summed E-state index contributed by atoms with van der Waals surface area (Å²) in [7, 11) is 2.16. The molecule has 2 heterocycles. The molecule has 0 saturated heterocycles. The second-order valence-corrected chi connectivity index (χ2v) is 10.3. The maximum absolute atomic E-state index is 2.63. The lowest BCUT2D eigenvalue weighted by Crippen LogP contribution is -2.70. The molecular formula is C30H35BN3+. The van der Waals surface area contributed by atoms with Crippen molar-refractivity contribution in [1.82, 2.24) is 4.57 Å². The number of fused-ring (bicyclic) bond motifs is 3. The van der Waals surface area contributed by atoms with Gasteiger partial charge in [-0.2, -0.15) is 0 Å². The van der Waals surface area contributed by atoms with Crippen LogP contribution in [0.15, 0.2) is 73.1 Å². The van der Waals surface area contributed by atoms with Gasteiger partial charge in [-0.1, -0.05) is 87.9 Å². The molecule has 34 heavy (non-hydrogen) atoms. The van der Waals surface area contributed by atoms with Gasteiger partial charge in [0, 0.05) is 11.4 Å². The predicted molar refractivity (Wildman–Crippen MR) is 145 cm³/mol. The Hall–Kier alpha value is -3.27. The second kappa shape index (κ2) is 8.50. The van der Waals surface area contributed by atoms with E-state index in [0.717, 1.165) is 0 Å². The van der Waals surface area contributed by atoms with E-state index in [4.69, 9.17) is 0 Å². The topological polar surface area (TPSA) is 12.1 Å². The van der Waals surface area contributed by atoms with Gasteiger partial charge in [-0.25, -0.2) is 4.57 Å². The first-order valence-electron chi connectivity index (χ1n) is 12.4. The number of hydrogen-bond acceptors (Lipinski definition) is 1. The van der Waals surface area contributed by atoms with Crippen molar-refractivity contribution in [1.29, 1.82) is 0 Å². The first-order valence-corrected chi connectivity index (χ1v) is 12.4. The van der Waals surface area contributed by atoms with E-state index in [-0.39, 0.29) is 6.98 Å². The Bertz CT molecular complexity index is 1340. The Labute approximate surface area is 204 Å². The molecule has 1 aliphatic heterocycles. The van der Waals surface area contributed by atoms with Crippen molar-refractivity contribution in [2.75, 3.05) is 4.81 Å². The van der Waals surface area contributed by atoms with Gasteiger partial charge in [0.1, 0.15) is 12.4 Å². The lowest BCUT2D eigenvalue weighted by atomic mass is 9.60. The highest BCUT2D eigenvalue weighted by molar-refractivity contribution is 6.72. The van der Waals surface area contributed by atoms with Crippen molar-refractivity contribution in [2.45, 2.75) is 53.4 Å². The zero-order chi connectivity index (χ0) is 24.1. The minimum atomic E-state index is 0.0316. The van der Waals surface area contributed by atoms with Crippen molar-refractivity contribution in [2.24, 2.45) is 7.05 Å². The Kier molecular flexibility index (Phi) is 5.63. The summed E-state index contributed by atoms with van der Waals surface area (Å²) in [6, 6.07) is 22.5. The van der Waals surface area contributed by atoms with E-state index in [2.05, 4.69) is 136 Å². The van der Waals surface area contributed by atoms with Crippen LogP contribution in [0.1, 0.15) is 61.8 Å². The average Bonchev–Trinajstić information content (AvgIpc) is 3.19. The summed E-state index contributed by atoms with van der Waals surface area (Å²) in [5, 5.41) is 0. The third-order valence-corrected chi connectivity index (χ3v) is 7.32. The summed E-state index contributed by atoms with van der Waals surface area (Å²) >= 11 is 0. The van der Waals surface area contributed by atoms with Crippen LogP contribution < -0.4 is 14.8 Å². The van der Waals surface area contributed by atoms with Gasteiger partial charge in [0.05, 0.1) is 12.6 Å². The van der Waals surface area contributed by atoms with Crippen LogP contribution in [-0.2, 0) is 7.05 Å². The van der Waals surface area contributed by atoms with E-state index < -0.39 is 0 Å². The highest BCUT2D eigenvalue weighted by Gasteiger charge is 2.47. The van der Waals surface area contributed by atoms with Crippen molar-refractivity contribution in [3.8, 4) is 11.4 Å². The number of nitrogens with zero attached hydrogens (tertiary/aromatic N) is 3. The molecule has 3 nitrogen and oxygen atoms in total. The molecule has 0 saturated carbocycles. The number of aryl methyl sites for hydroxylation is 3. The quantitative estimate of drug-likeness (QED) is 0.337. The SMILES string of the molecule is Cc1ccccc1B1N(c2c(C(C)C)cccc2C(C)C)c2cccc(C)c2-c2n(C)cc[n+]21. The maximum Gasteiger partial charge on any atom is 0.542 e. The third kappa shape index (κ3) is 3.39. The lowest BCUT2D eigenvalue weighted by Gasteiger charge is -2.38. The van der Waals surface area contributed by atoms with Gasteiger partial charge in [-0.05, 0) is 53.9 Å². The molecule has 0 bridgehead atoms. The molecule has 5 rings (SSSR count). The number of benzene rings is 3. The third-order valence-electron chi connectivity index (χ3n) is 7.32. The van der Waals surface area contributed by atoms with Gasteiger partial charge in [-0.3, -0.25) is 4.48 Å². The van der Waals surface area contributed by atoms with Crippen LogP contribution in [0.25, 0.3) is 11.4 Å². The highest BCUT2D eigenvalue weighted by Crippen LogP contribution is 2.45. The van der Waals surface area contributed by atoms with Crippen molar-refractivity contribution < 1.29 is 4.48 Å². The van der Waals surface area contributed by atoms with Crippen molar-refractivity contribution in [3.05, 3.63) is 95.3 Å². The fourth-order valence-corrected chi connectivity index (χ4v) is 5.60. The molecule has 0 N–H and O–H groups in total. The number of aromatic nitrogens is 2. The average molecular weight is 448 g/mol. The fraction of sp³-hybridized carbons (Fsp3) is 0.300. The van der Waals surface area contributed by atoms with Crippen molar-refractivity contribution >= 4 is 23.8 Å². The first kappa shape index (κ1) is 22.5. The Morgan fingerprint density at radius 1 is 0.765 bits per heavy atom. The molecule has 0 fully saturated rings. The molecule has 0 unspecified atom stereocenters. The predicted octanol–water partition coefficient (Wildman–Crippen LogP) is 6.24. The van der Waals surface area contributed by atoms with Crippen LogP contribution in [0, 0.1) is 13.8 Å². The number of anilines is 2. The molecule has 0 spiro atoms. The zero-order valence-electron chi connectivity index (χ0n) is 21.5. The maximum atomic E-state index is 2.63. The summed E-state index contributed by atoms with van der Waals surface area (Å²) in [5.74, 6) is 2.09. The summed E-state index contributed by atoms with van der Waals surface area (Å²) < 4.78 is 4.74. The van der Waals surface area contributed by atoms with Gasteiger partial charge in [0.15, 0.2) is 0 Å². The number of hydrogen-bond donors (Lipinski definition) is 0. The first-order chi connectivity index (χ1) is 16.3.